The molecule has 6 nitrogen and oxygen atoms in total. The van der Waals surface area contributed by atoms with Gasteiger partial charge in [-0.2, -0.15) is 0 Å². The molecule has 1 aliphatic heterocycles. The highest BCUT2D eigenvalue weighted by atomic mass is 16.2. The molecule has 124 valence electrons. The quantitative estimate of drug-likeness (QED) is 0.823. The van der Waals surface area contributed by atoms with E-state index >= 15 is 0 Å². The first-order chi connectivity index (χ1) is 10.8. The minimum atomic E-state index is -0.814. The molecule has 3 amide bonds. The Bertz CT molecular complexity index is 625. The number of anilines is 1. The third kappa shape index (κ3) is 3.52. The maximum Gasteiger partial charge on any atom is 0.310 e. The van der Waals surface area contributed by atoms with Crippen LogP contribution in [-0.2, 0) is 14.4 Å². The molecule has 0 saturated carbocycles. The van der Waals surface area contributed by atoms with Gasteiger partial charge in [0.25, 0.3) is 5.91 Å². The normalized spacial score (nSPS) is 16.7. The first kappa shape index (κ1) is 17.0. The molecule has 0 saturated heterocycles. The molecule has 2 rings (SSSR count). The maximum absolute atomic E-state index is 12.6. The van der Waals surface area contributed by atoms with Crippen molar-refractivity contribution in [3.05, 3.63) is 29.8 Å². The van der Waals surface area contributed by atoms with Gasteiger partial charge in [0.1, 0.15) is 6.04 Å². The fourth-order valence-corrected chi connectivity index (χ4v) is 2.59. The number of nitrogens with zero attached hydrogens (tertiary/aromatic N) is 1. The minimum Gasteiger partial charge on any atom is -0.348 e. The zero-order valence-electron chi connectivity index (χ0n) is 13.9. The molecule has 1 heterocycles. The first-order valence-electron chi connectivity index (χ1n) is 7.83. The highest BCUT2D eigenvalue weighted by Gasteiger charge is 2.39. The fraction of sp³-hybridized carbons (Fsp3) is 0.471. The summed E-state index contributed by atoms with van der Waals surface area (Å²) in [5.41, 5.74) is 1.50. The Balaban J connectivity index is 2.15. The Labute approximate surface area is 136 Å². The molecule has 1 aromatic rings. The summed E-state index contributed by atoms with van der Waals surface area (Å²) in [6, 6.07) is 6.46. The van der Waals surface area contributed by atoms with Gasteiger partial charge in [0.05, 0.1) is 0 Å². The van der Waals surface area contributed by atoms with Crippen molar-refractivity contribution >= 4 is 23.4 Å². The van der Waals surface area contributed by atoms with E-state index in [-0.39, 0.29) is 17.9 Å². The number of fused-ring (bicyclic) bond motifs is 1. The van der Waals surface area contributed by atoms with Crippen LogP contribution in [-0.4, -0.2) is 30.3 Å². The predicted octanol–water partition coefficient (Wildman–Crippen LogP) is 1.37. The molecule has 0 unspecified atom stereocenters. The summed E-state index contributed by atoms with van der Waals surface area (Å²) in [5, 5.41) is 5.10. The second-order valence-electron chi connectivity index (χ2n) is 6.37. The van der Waals surface area contributed by atoms with Crippen LogP contribution in [0.15, 0.2) is 24.3 Å². The number of carbonyl (C=O) groups is 3. The van der Waals surface area contributed by atoms with Crippen molar-refractivity contribution in [3.63, 3.8) is 0 Å². The monoisotopic (exact) mass is 317 g/mol. The largest absolute Gasteiger partial charge is 0.348 e. The number of hydrogen-bond acceptors (Lipinski definition) is 3. The van der Waals surface area contributed by atoms with Gasteiger partial charge >= 0.3 is 11.8 Å². The highest BCUT2D eigenvalue weighted by Crippen LogP contribution is 2.36. The van der Waals surface area contributed by atoms with Gasteiger partial charge in [-0.25, -0.2) is 0 Å². The van der Waals surface area contributed by atoms with Gasteiger partial charge in [-0.3, -0.25) is 14.4 Å². The van der Waals surface area contributed by atoms with E-state index < -0.39 is 17.9 Å². The first-order valence-corrected chi connectivity index (χ1v) is 7.83. The van der Waals surface area contributed by atoms with Crippen LogP contribution < -0.4 is 15.5 Å². The Morgan fingerprint density at radius 3 is 2.39 bits per heavy atom. The number of benzene rings is 1. The van der Waals surface area contributed by atoms with Crippen molar-refractivity contribution in [2.45, 2.75) is 39.8 Å². The van der Waals surface area contributed by atoms with Crippen LogP contribution in [0.1, 0.15) is 39.3 Å². The van der Waals surface area contributed by atoms with Gasteiger partial charge in [-0.05, 0) is 25.8 Å². The number of para-hydroxylation sites is 1. The summed E-state index contributed by atoms with van der Waals surface area (Å²) in [7, 11) is 0. The van der Waals surface area contributed by atoms with Crippen LogP contribution in [0.4, 0.5) is 5.69 Å². The highest BCUT2D eigenvalue weighted by molar-refractivity contribution is 6.35. The topological polar surface area (TPSA) is 78.5 Å². The van der Waals surface area contributed by atoms with E-state index in [1.165, 1.54) is 0 Å². The second-order valence-corrected chi connectivity index (χ2v) is 6.37. The summed E-state index contributed by atoms with van der Waals surface area (Å²) in [6.45, 7) is 8.12. The number of nitrogens with one attached hydrogen (secondary N) is 2. The van der Waals surface area contributed by atoms with Gasteiger partial charge in [-0.1, -0.05) is 32.0 Å². The molecule has 0 radical (unpaired) electrons. The zero-order chi connectivity index (χ0) is 17.1. The van der Waals surface area contributed by atoms with Crippen LogP contribution >= 0.6 is 0 Å². The minimum absolute atomic E-state index is 0.0275. The lowest BCUT2D eigenvalue weighted by atomic mass is 10.1. The molecule has 1 atom stereocenters. The summed E-state index contributed by atoms with van der Waals surface area (Å²) < 4.78 is 0. The van der Waals surface area contributed by atoms with E-state index in [9.17, 15) is 14.4 Å². The standard InChI is InChI=1S/C17H23N3O3/c1-10(2)9-18-15(21)16(22)19-14-12-7-5-6-8-13(12)20(11(3)4)17(14)23/h5-8,10-11,14H,9H2,1-4H3,(H,18,21)(H,19,22)/t14-/m0/s1. The lowest BCUT2D eigenvalue weighted by molar-refractivity contribution is -0.140. The molecule has 0 aromatic heterocycles. The predicted molar refractivity (Wildman–Crippen MR) is 87.8 cm³/mol. The molecule has 0 spiro atoms. The molecule has 6 heteroatoms. The van der Waals surface area contributed by atoms with Gasteiger partial charge in [0.2, 0.25) is 0 Å². The van der Waals surface area contributed by atoms with Crippen LogP contribution in [0, 0.1) is 5.92 Å². The van der Waals surface area contributed by atoms with Gasteiger partial charge in [0.15, 0.2) is 0 Å². The molecule has 2 N–H and O–H groups in total. The average Bonchev–Trinajstić information content (AvgIpc) is 2.77. The Morgan fingerprint density at radius 1 is 1.13 bits per heavy atom. The van der Waals surface area contributed by atoms with Gasteiger partial charge in [0, 0.05) is 23.8 Å². The van der Waals surface area contributed by atoms with Crippen LogP contribution in [0.5, 0.6) is 0 Å². The molecular weight excluding hydrogens is 294 g/mol. The summed E-state index contributed by atoms with van der Waals surface area (Å²) >= 11 is 0. The van der Waals surface area contributed by atoms with Crippen molar-refractivity contribution in [2.24, 2.45) is 5.92 Å². The van der Waals surface area contributed by atoms with Crippen molar-refractivity contribution in [1.29, 1.82) is 0 Å². The number of rotatable bonds is 4. The van der Waals surface area contributed by atoms with E-state index in [0.29, 0.717) is 6.54 Å². The van der Waals surface area contributed by atoms with E-state index in [0.717, 1.165) is 11.3 Å². The van der Waals surface area contributed by atoms with Crippen molar-refractivity contribution in [1.82, 2.24) is 10.6 Å². The van der Waals surface area contributed by atoms with Gasteiger partial charge < -0.3 is 15.5 Å². The van der Waals surface area contributed by atoms with Crippen LogP contribution in [0.25, 0.3) is 0 Å². The molecule has 23 heavy (non-hydrogen) atoms. The summed E-state index contributed by atoms with van der Waals surface area (Å²) in [4.78, 5) is 38.1. The second kappa shape index (κ2) is 6.81. The third-order valence-corrected chi connectivity index (χ3v) is 3.66. The zero-order valence-corrected chi connectivity index (χ0v) is 13.9. The van der Waals surface area contributed by atoms with Crippen molar-refractivity contribution in [2.75, 3.05) is 11.4 Å². The van der Waals surface area contributed by atoms with Crippen molar-refractivity contribution in [3.8, 4) is 0 Å². The lowest BCUT2D eigenvalue weighted by Gasteiger charge is -2.22. The number of amides is 3. The number of hydrogen-bond donors (Lipinski definition) is 2. The van der Waals surface area contributed by atoms with Gasteiger partial charge in [-0.15, -0.1) is 0 Å². The average molecular weight is 317 g/mol. The Hall–Kier alpha value is -2.37. The number of carbonyl (C=O) groups excluding carboxylic acids is 3. The maximum atomic E-state index is 12.6. The van der Waals surface area contributed by atoms with E-state index in [1.54, 1.807) is 11.0 Å². The molecular formula is C17H23N3O3. The summed E-state index contributed by atoms with van der Waals surface area (Å²) in [6.07, 6.45) is 0. The SMILES string of the molecule is CC(C)CNC(=O)C(=O)N[C@@H]1C(=O)N(C(C)C)c2ccccc21. The van der Waals surface area contributed by atoms with E-state index in [1.807, 2.05) is 45.9 Å². The van der Waals surface area contributed by atoms with E-state index in [4.69, 9.17) is 0 Å². The third-order valence-electron chi connectivity index (χ3n) is 3.66. The molecule has 1 aromatic carbocycles. The Morgan fingerprint density at radius 2 is 1.78 bits per heavy atom. The molecule has 0 aliphatic carbocycles. The Kier molecular flexibility index (Phi) is 5.03. The molecule has 1 aliphatic rings. The summed E-state index contributed by atoms with van der Waals surface area (Å²) in [5.74, 6) is -1.47. The van der Waals surface area contributed by atoms with Crippen LogP contribution in [0.3, 0.4) is 0 Å². The molecule has 0 fully saturated rings. The van der Waals surface area contributed by atoms with Crippen molar-refractivity contribution < 1.29 is 14.4 Å². The van der Waals surface area contributed by atoms with E-state index in [2.05, 4.69) is 10.6 Å². The fourth-order valence-electron chi connectivity index (χ4n) is 2.59. The lowest BCUT2D eigenvalue weighted by Crippen LogP contribution is -2.46. The smallest absolute Gasteiger partial charge is 0.310 e. The van der Waals surface area contributed by atoms with Crippen LogP contribution in [0.2, 0.25) is 0 Å². The molecule has 0 bridgehead atoms.